The first-order chi connectivity index (χ1) is 16.8. The van der Waals surface area contributed by atoms with Gasteiger partial charge in [0.25, 0.3) is 0 Å². The maximum atomic E-state index is 5.77. The fourth-order valence-electron chi connectivity index (χ4n) is 4.87. The van der Waals surface area contributed by atoms with Crippen molar-refractivity contribution in [2.75, 3.05) is 14.2 Å². The minimum absolute atomic E-state index is 0.764. The molecule has 0 radical (unpaired) electrons. The van der Waals surface area contributed by atoms with Gasteiger partial charge in [-0.1, -0.05) is 96.8 Å². The molecule has 0 saturated heterocycles. The molecule has 6 aromatic carbocycles. The predicted molar refractivity (Wildman–Crippen MR) is 142 cm³/mol. The SMILES string of the molecule is COc1ccc2ccc3ccccc3c2c1C#Cc1c(OC)ccc2ccc3ccccc3c12. The summed E-state index contributed by atoms with van der Waals surface area (Å²) in [6.45, 7) is 0. The Balaban J connectivity index is 1.71. The van der Waals surface area contributed by atoms with E-state index < -0.39 is 0 Å². The van der Waals surface area contributed by atoms with Crippen LogP contribution in [0.1, 0.15) is 11.1 Å². The average molecular weight is 439 g/mol. The van der Waals surface area contributed by atoms with Crippen LogP contribution in [0.2, 0.25) is 0 Å². The second-order valence-electron chi connectivity index (χ2n) is 8.31. The number of rotatable bonds is 2. The molecule has 0 aromatic heterocycles. The Kier molecular flexibility index (Phi) is 4.82. The molecule has 6 rings (SSSR count). The molecule has 2 nitrogen and oxygen atoms in total. The number of methoxy groups -OCH3 is 2. The highest BCUT2D eigenvalue weighted by molar-refractivity contribution is 6.12. The fourth-order valence-corrected chi connectivity index (χ4v) is 4.87. The minimum Gasteiger partial charge on any atom is -0.495 e. The van der Waals surface area contributed by atoms with Crippen molar-refractivity contribution in [2.24, 2.45) is 0 Å². The Morgan fingerprint density at radius 3 is 1.26 bits per heavy atom. The average Bonchev–Trinajstić information content (AvgIpc) is 2.90. The number of ether oxygens (including phenoxy) is 2. The van der Waals surface area contributed by atoms with E-state index in [0.29, 0.717) is 0 Å². The molecule has 2 heteroatoms. The van der Waals surface area contributed by atoms with E-state index in [0.717, 1.165) is 44.2 Å². The Hall–Kier alpha value is -4.48. The molecule has 0 amide bonds. The summed E-state index contributed by atoms with van der Waals surface area (Å²) in [5.74, 6) is 8.51. The van der Waals surface area contributed by atoms with Crippen molar-refractivity contribution < 1.29 is 9.47 Å². The predicted octanol–water partition coefficient (Wildman–Crippen LogP) is 7.72. The molecule has 0 aliphatic carbocycles. The largest absolute Gasteiger partial charge is 0.495 e. The van der Waals surface area contributed by atoms with Crippen molar-refractivity contribution in [3.63, 3.8) is 0 Å². The molecule has 0 aliphatic heterocycles. The van der Waals surface area contributed by atoms with E-state index in [2.05, 4.69) is 96.8 Å². The highest BCUT2D eigenvalue weighted by Crippen LogP contribution is 2.35. The lowest BCUT2D eigenvalue weighted by molar-refractivity contribution is 0.414. The van der Waals surface area contributed by atoms with E-state index in [1.165, 1.54) is 21.5 Å². The van der Waals surface area contributed by atoms with E-state index in [9.17, 15) is 0 Å². The van der Waals surface area contributed by atoms with Crippen molar-refractivity contribution in [2.45, 2.75) is 0 Å². The zero-order valence-corrected chi connectivity index (χ0v) is 19.1. The van der Waals surface area contributed by atoms with E-state index in [1.54, 1.807) is 14.2 Å². The highest BCUT2D eigenvalue weighted by atomic mass is 16.5. The summed E-state index contributed by atoms with van der Waals surface area (Å²) in [4.78, 5) is 0. The van der Waals surface area contributed by atoms with Crippen molar-refractivity contribution in [3.05, 3.63) is 108 Å². The Labute approximate surface area is 198 Å². The number of benzene rings is 6. The van der Waals surface area contributed by atoms with Gasteiger partial charge >= 0.3 is 0 Å². The molecular formula is C32H22O2. The van der Waals surface area contributed by atoms with Crippen molar-refractivity contribution >= 4 is 43.1 Å². The van der Waals surface area contributed by atoms with Crippen LogP contribution in [0.4, 0.5) is 0 Å². The molecular weight excluding hydrogens is 416 g/mol. The Morgan fingerprint density at radius 1 is 0.441 bits per heavy atom. The van der Waals surface area contributed by atoms with Crippen LogP contribution in [-0.2, 0) is 0 Å². The van der Waals surface area contributed by atoms with E-state index >= 15 is 0 Å². The first-order valence-electron chi connectivity index (χ1n) is 11.3. The van der Waals surface area contributed by atoms with E-state index in [4.69, 9.17) is 9.47 Å². The fraction of sp³-hybridized carbons (Fsp3) is 0.0625. The summed E-state index contributed by atoms with van der Waals surface area (Å²) >= 11 is 0. The normalized spacial score (nSPS) is 11.0. The molecule has 0 saturated carbocycles. The lowest BCUT2D eigenvalue weighted by atomic mass is 9.95. The maximum absolute atomic E-state index is 5.77. The number of hydrogen-bond donors (Lipinski definition) is 0. The first kappa shape index (κ1) is 20.1. The van der Waals surface area contributed by atoms with Crippen LogP contribution in [0.5, 0.6) is 11.5 Å². The summed E-state index contributed by atoms with van der Waals surface area (Å²) in [7, 11) is 3.40. The van der Waals surface area contributed by atoms with Crippen molar-refractivity contribution in [3.8, 4) is 23.3 Å². The molecule has 0 spiro atoms. The van der Waals surface area contributed by atoms with Crippen molar-refractivity contribution in [1.82, 2.24) is 0 Å². The van der Waals surface area contributed by atoms with Gasteiger partial charge in [0.15, 0.2) is 0 Å². The van der Waals surface area contributed by atoms with Gasteiger partial charge in [0.2, 0.25) is 0 Å². The molecule has 0 unspecified atom stereocenters. The van der Waals surface area contributed by atoms with Gasteiger partial charge in [-0.25, -0.2) is 0 Å². The van der Waals surface area contributed by atoms with Crippen LogP contribution in [-0.4, -0.2) is 14.2 Å². The molecule has 34 heavy (non-hydrogen) atoms. The molecule has 0 bridgehead atoms. The van der Waals surface area contributed by atoms with Crippen LogP contribution >= 0.6 is 0 Å². The molecule has 0 atom stereocenters. The molecule has 0 N–H and O–H groups in total. The lowest BCUT2D eigenvalue weighted by Crippen LogP contribution is -1.93. The second kappa shape index (κ2) is 8.14. The third-order valence-electron chi connectivity index (χ3n) is 6.50. The van der Waals surface area contributed by atoms with Gasteiger partial charge in [-0.2, -0.15) is 0 Å². The van der Waals surface area contributed by atoms with E-state index in [1.807, 2.05) is 12.1 Å². The maximum Gasteiger partial charge on any atom is 0.135 e. The lowest BCUT2D eigenvalue weighted by Gasteiger charge is -2.12. The number of hydrogen-bond acceptors (Lipinski definition) is 2. The van der Waals surface area contributed by atoms with Crippen molar-refractivity contribution in [1.29, 1.82) is 0 Å². The zero-order valence-electron chi connectivity index (χ0n) is 19.1. The number of fused-ring (bicyclic) bond motifs is 6. The Morgan fingerprint density at radius 2 is 0.824 bits per heavy atom. The Bertz CT molecular complexity index is 1650. The van der Waals surface area contributed by atoms with Crippen LogP contribution < -0.4 is 9.47 Å². The monoisotopic (exact) mass is 438 g/mol. The van der Waals surface area contributed by atoms with Gasteiger partial charge in [-0.3, -0.25) is 0 Å². The van der Waals surface area contributed by atoms with Gasteiger partial charge in [0, 0.05) is 10.8 Å². The third kappa shape index (κ3) is 3.14. The van der Waals surface area contributed by atoms with E-state index in [-0.39, 0.29) is 0 Å². The van der Waals surface area contributed by atoms with Gasteiger partial charge in [-0.05, 0) is 44.5 Å². The summed E-state index contributed by atoms with van der Waals surface area (Å²) in [5.41, 5.74) is 1.77. The standard InChI is InChI=1S/C32H22O2/c1-33-29-19-15-23-13-11-21-7-3-5-9-25(21)31(23)27(29)17-18-28-30(34-2)20-16-24-14-12-22-8-4-6-10-26(22)32(24)28/h3-16,19-20H,1-2H3. The molecule has 0 aliphatic rings. The smallest absolute Gasteiger partial charge is 0.135 e. The second-order valence-corrected chi connectivity index (χ2v) is 8.31. The van der Waals surface area contributed by atoms with Gasteiger partial charge in [0.05, 0.1) is 25.3 Å². The summed E-state index contributed by atoms with van der Waals surface area (Å²) in [5, 5.41) is 9.18. The van der Waals surface area contributed by atoms with Crippen LogP contribution in [0.3, 0.4) is 0 Å². The summed E-state index contributed by atoms with van der Waals surface area (Å²) < 4.78 is 11.5. The highest BCUT2D eigenvalue weighted by Gasteiger charge is 2.12. The van der Waals surface area contributed by atoms with Gasteiger partial charge in [0.1, 0.15) is 11.5 Å². The van der Waals surface area contributed by atoms with Gasteiger partial charge in [-0.15, -0.1) is 0 Å². The van der Waals surface area contributed by atoms with Gasteiger partial charge < -0.3 is 9.47 Å². The molecule has 0 heterocycles. The molecule has 0 fully saturated rings. The minimum atomic E-state index is 0.764. The topological polar surface area (TPSA) is 18.5 Å². The first-order valence-corrected chi connectivity index (χ1v) is 11.3. The van der Waals surface area contributed by atoms with Crippen LogP contribution in [0.25, 0.3) is 43.1 Å². The van der Waals surface area contributed by atoms with Crippen LogP contribution in [0.15, 0.2) is 97.1 Å². The summed E-state index contributed by atoms with van der Waals surface area (Å²) in [6, 6.07) is 33.6. The third-order valence-corrected chi connectivity index (χ3v) is 6.50. The molecule has 6 aromatic rings. The molecule has 162 valence electrons. The summed E-state index contributed by atoms with van der Waals surface area (Å²) in [6.07, 6.45) is 0. The zero-order chi connectivity index (χ0) is 23.1. The quantitative estimate of drug-likeness (QED) is 0.204. The van der Waals surface area contributed by atoms with Crippen LogP contribution in [0, 0.1) is 11.8 Å².